The highest BCUT2D eigenvalue weighted by atomic mass is 16.5. The quantitative estimate of drug-likeness (QED) is 0.587. The molecule has 1 saturated heterocycles. The van der Waals surface area contributed by atoms with Crippen LogP contribution in [0.4, 0.5) is 11.4 Å². The summed E-state index contributed by atoms with van der Waals surface area (Å²) >= 11 is 0. The summed E-state index contributed by atoms with van der Waals surface area (Å²) in [5, 5.41) is 5.90. The van der Waals surface area contributed by atoms with Crippen LogP contribution in [0.2, 0.25) is 0 Å². The Labute approximate surface area is 190 Å². The van der Waals surface area contributed by atoms with Crippen molar-refractivity contribution in [3.8, 4) is 0 Å². The Morgan fingerprint density at radius 3 is 2.47 bits per heavy atom. The number of nitrogens with zero attached hydrogens (tertiary/aromatic N) is 1. The third kappa shape index (κ3) is 5.88. The fourth-order valence-corrected chi connectivity index (χ4v) is 4.35. The molecular formula is C26H33N3O3. The minimum absolute atomic E-state index is 0.0465. The Hall–Kier alpha value is -2.86. The number of hydrogen-bond acceptors (Lipinski definition) is 4. The molecule has 2 aromatic rings. The molecule has 2 fully saturated rings. The Morgan fingerprint density at radius 1 is 1.03 bits per heavy atom. The molecule has 1 heterocycles. The first-order valence-electron chi connectivity index (χ1n) is 11.6. The molecule has 2 N–H and O–H groups in total. The number of ether oxygens (including phenoxy) is 1. The fourth-order valence-electron chi connectivity index (χ4n) is 4.35. The van der Waals surface area contributed by atoms with E-state index in [4.69, 9.17) is 4.74 Å². The lowest BCUT2D eigenvalue weighted by Crippen LogP contribution is -2.36. The molecule has 0 atom stereocenters. The van der Waals surface area contributed by atoms with Crippen LogP contribution in [-0.2, 0) is 16.0 Å². The molecular weight excluding hydrogens is 402 g/mol. The zero-order chi connectivity index (χ0) is 22.3. The lowest BCUT2D eigenvalue weighted by molar-refractivity contribution is -0.117. The molecule has 2 aromatic carbocycles. The van der Waals surface area contributed by atoms with Crippen LogP contribution in [0.5, 0.6) is 0 Å². The standard InChI is InChI=1S/C26H33N3O3/c1-32-16-13-27-26(31)23-18-22(28-25(30)21-7-8-21)9-10-24(23)29-14-11-20(12-15-29)17-19-5-3-2-4-6-19/h2-6,9-10,18,20-21H,7-8,11-17H2,1H3,(H,27,31)(H,28,30). The van der Waals surface area contributed by atoms with Crippen LogP contribution in [0.25, 0.3) is 0 Å². The first-order valence-corrected chi connectivity index (χ1v) is 11.6. The number of anilines is 2. The molecule has 6 heteroatoms. The van der Waals surface area contributed by atoms with E-state index in [0.29, 0.717) is 30.3 Å². The molecule has 0 bridgehead atoms. The van der Waals surface area contributed by atoms with Crippen molar-refractivity contribution in [3.63, 3.8) is 0 Å². The molecule has 32 heavy (non-hydrogen) atoms. The molecule has 170 valence electrons. The van der Waals surface area contributed by atoms with Gasteiger partial charge in [0.15, 0.2) is 0 Å². The summed E-state index contributed by atoms with van der Waals surface area (Å²) in [6.45, 7) is 2.75. The molecule has 0 aromatic heterocycles. The van der Waals surface area contributed by atoms with Crippen LogP contribution in [0.15, 0.2) is 48.5 Å². The van der Waals surface area contributed by atoms with Crippen LogP contribution in [0, 0.1) is 11.8 Å². The second-order valence-corrected chi connectivity index (χ2v) is 8.86. The van der Waals surface area contributed by atoms with Gasteiger partial charge in [-0.05, 0) is 61.8 Å². The van der Waals surface area contributed by atoms with Gasteiger partial charge in [-0.1, -0.05) is 30.3 Å². The van der Waals surface area contributed by atoms with E-state index in [1.165, 1.54) is 5.56 Å². The predicted octanol–water partition coefficient (Wildman–Crippen LogP) is 3.87. The van der Waals surface area contributed by atoms with E-state index < -0.39 is 0 Å². The molecule has 6 nitrogen and oxygen atoms in total. The van der Waals surface area contributed by atoms with E-state index in [9.17, 15) is 9.59 Å². The van der Waals surface area contributed by atoms with Gasteiger partial charge < -0.3 is 20.3 Å². The van der Waals surface area contributed by atoms with Gasteiger partial charge in [0.2, 0.25) is 5.91 Å². The summed E-state index contributed by atoms with van der Waals surface area (Å²) in [7, 11) is 1.62. The van der Waals surface area contributed by atoms with Gasteiger partial charge in [0.1, 0.15) is 0 Å². The number of nitrogens with one attached hydrogen (secondary N) is 2. The molecule has 0 spiro atoms. The zero-order valence-electron chi connectivity index (χ0n) is 18.8. The maximum Gasteiger partial charge on any atom is 0.253 e. The van der Waals surface area contributed by atoms with E-state index in [-0.39, 0.29) is 17.7 Å². The van der Waals surface area contributed by atoms with Crippen molar-refractivity contribution in [1.82, 2.24) is 5.32 Å². The Morgan fingerprint density at radius 2 is 1.78 bits per heavy atom. The van der Waals surface area contributed by atoms with Gasteiger partial charge in [0, 0.05) is 44.0 Å². The van der Waals surface area contributed by atoms with Gasteiger partial charge in [-0.25, -0.2) is 0 Å². The monoisotopic (exact) mass is 435 g/mol. The molecule has 0 radical (unpaired) electrons. The highest BCUT2D eigenvalue weighted by Gasteiger charge is 2.30. The number of methoxy groups -OCH3 is 1. The summed E-state index contributed by atoms with van der Waals surface area (Å²) in [6, 6.07) is 16.4. The Bertz CT molecular complexity index is 919. The molecule has 1 saturated carbocycles. The second kappa shape index (κ2) is 10.6. The first kappa shape index (κ1) is 22.3. The topological polar surface area (TPSA) is 70.7 Å². The summed E-state index contributed by atoms with van der Waals surface area (Å²) < 4.78 is 5.06. The molecule has 0 unspecified atom stereocenters. The normalized spacial score (nSPS) is 16.6. The highest BCUT2D eigenvalue weighted by Crippen LogP contribution is 2.32. The fraction of sp³-hybridized carbons (Fsp3) is 0.462. The van der Waals surface area contributed by atoms with Crippen LogP contribution in [-0.4, -0.2) is 45.2 Å². The summed E-state index contributed by atoms with van der Waals surface area (Å²) in [5.41, 5.74) is 3.61. The van der Waals surface area contributed by atoms with Crippen LogP contribution < -0.4 is 15.5 Å². The van der Waals surface area contributed by atoms with Crippen LogP contribution in [0.1, 0.15) is 41.6 Å². The smallest absolute Gasteiger partial charge is 0.253 e. The number of hydrogen-bond donors (Lipinski definition) is 2. The van der Waals surface area contributed by atoms with Gasteiger partial charge in [0.25, 0.3) is 5.91 Å². The number of amides is 2. The predicted molar refractivity (Wildman–Crippen MR) is 127 cm³/mol. The number of carbonyl (C=O) groups is 2. The third-order valence-electron chi connectivity index (χ3n) is 6.37. The first-order chi connectivity index (χ1) is 15.6. The van der Waals surface area contributed by atoms with Crippen molar-refractivity contribution >= 4 is 23.2 Å². The Balaban J connectivity index is 1.45. The van der Waals surface area contributed by atoms with Gasteiger partial charge >= 0.3 is 0 Å². The van der Waals surface area contributed by atoms with Gasteiger partial charge in [0.05, 0.1) is 12.2 Å². The third-order valence-corrected chi connectivity index (χ3v) is 6.37. The van der Waals surface area contributed by atoms with Crippen molar-refractivity contribution in [2.45, 2.75) is 32.1 Å². The van der Waals surface area contributed by atoms with Crippen molar-refractivity contribution in [3.05, 3.63) is 59.7 Å². The maximum absolute atomic E-state index is 13.0. The molecule has 4 rings (SSSR count). The van der Waals surface area contributed by atoms with Gasteiger partial charge in [-0.2, -0.15) is 0 Å². The van der Waals surface area contributed by atoms with Crippen molar-refractivity contribution in [2.24, 2.45) is 11.8 Å². The molecule has 1 aliphatic heterocycles. The molecule has 2 amide bonds. The van der Waals surface area contributed by atoms with Crippen LogP contribution >= 0.6 is 0 Å². The minimum Gasteiger partial charge on any atom is -0.383 e. The van der Waals surface area contributed by atoms with E-state index >= 15 is 0 Å². The summed E-state index contributed by atoms with van der Waals surface area (Å²) in [5.74, 6) is 0.693. The average molecular weight is 436 g/mol. The van der Waals surface area contributed by atoms with Crippen molar-refractivity contribution in [1.29, 1.82) is 0 Å². The Kier molecular flexibility index (Phi) is 7.43. The SMILES string of the molecule is COCCNC(=O)c1cc(NC(=O)C2CC2)ccc1N1CCC(Cc2ccccc2)CC1. The maximum atomic E-state index is 13.0. The van der Waals surface area contributed by atoms with Crippen molar-refractivity contribution in [2.75, 3.05) is 43.6 Å². The van der Waals surface area contributed by atoms with Gasteiger partial charge in [-0.15, -0.1) is 0 Å². The largest absolute Gasteiger partial charge is 0.383 e. The lowest BCUT2D eigenvalue weighted by atomic mass is 9.89. The number of rotatable bonds is 9. The zero-order valence-corrected chi connectivity index (χ0v) is 18.8. The lowest BCUT2D eigenvalue weighted by Gasteiger charge is -2.35. The summed E-state index contributed by atoms with van der Waals surface area (Å²) in [6.07, 6.45) is 5.20. The van der Waals surface area contributed by atoms with Crippen LogP contribution in [0.3, 0.4) is 0 Å². The van der Waals surface area contributed by atoms with Crippen molar-refractivity contribution < 1.29 is 14.3 Å². The number of piperidine rings is 1. The number of benzene rings is 2. The molecule has 2 aliphatic rings. The van der Waals surface area contributed by atoms with E-state index in [0.717, 1.165) is 50.9 Å². The van der Waals surface area contributed by atoms with E-state index in [1.807, 2.05) is 18.2 Å². The van der Waals surface area contributed by atoms with E-state index in [1.54, 1.807) is 7.11 Å². The number of carbonyl (C=O) groups excluding carboxylic acids is 2. The average Bonchev–Trinajstić information content (AvgIpc) is 3.66. The summed E-state index contributed by atoms with van der Waals surface area (Å²) in [4.78, 5) is 27.5. The van der Waals surface area contributed by atoms with Gasteiger partial charge in [-0.3, -0.25) is 9.59 Å². The molecule has 1 aliphatic carbocycles. The van der Waals surface area contributed by atoms with E-state index in [2.05, 4.69) is 45.9 Å². The minimum atomic E-state index is -0.133. The highest BCUT2D eigenvalue weighted by molar-refractivity contribution is 6.02. The second-order valence-electron chi connectivity index (χ2n) is 8.86.